The SMILES string of the molecule is CCC1CCN(C(=O)c2csc(CN)n2)C1. The fourth-order valence-corrected chi connectivity index (χ4v) is 2.66. The molecule has 2 rings (SSSR count). The first-order valence-corrected chi connectivity index (χ1v) is 6.56. The van der Waals surface area contributed by atoms with Crippen molar-refractivity contribution in [3.63, 3.8) is 0 Å². The number of nitrogens with two attached hydrogens (primary N) is 1. The predicted molar refractivity (Wildman–Crippen MR) is 64.3 cm³/mol. The molecular weight excluding hydrogens is 222 g/mol. The van der Waals surface area contributed by atoms with Crippen molar-refractivity contribution in [1.82, 2.24) is 9.88 Å². The van der Waals surface area contributed by atoms with Gasteiger partial charge in [0.15, 0.2) is 0 Å². The van der Waals surface area contributed by atoms with Gasteiger partial charge in [-0.15, -0.1) is 11.3 Å². The molecule has 2 N–H and O–H groups in total. The van der Waals surface area contributed by atoms with Gasteiger partial charge in [-0.3, -0.25) is 4.79 Å². The van der Waals surface area contributed by atoms with E-state index in [1.54, 1.807) is 0 Å². The third-order valence-electron chi connectivity index (χ3n) is 3.10. The zero-order valence-corrected chi connectivity index (χ0v) is 10.3. The largest absolute Gasteiger partial charge is 0.337 e. The Morgan fingerprint density at radius 2 is 2.56 bits per heavy atom. The zero-order valence-electron chi connectivity index (χ0n) is 9.48. The Balaban J connectivity index is 2.02. The molecule has 1 fully saturated rings. The number of hydrogen-bond donors (Lipinski definition) is 1. The van der Waals surface area contributed by atoms with Crippen LogP contribution in [0, 0.1) is 5.92 Å². The molecular formula is C11H17N3OS. The molecule has 0 aliphatic carbocycles. The van der Waals surface area contributed by atoms with Crippen LogP contribution in [0.5, 0.6) is 0 Å². The highest BCUT2D eigenvalue weighted by Gasteiger charge is 2.26. The summed E-state index contributed by atoms with van der Waals surface area (Å²) in [5, 5.41) is 2.64. The summed E-state index contributed by atoms with van der Waals surface area (Å²) in [7, 11) is 0. The normalized spacial score (nSPS) is 20.4. The third-order valence-corrected chi connectivity index (χ3v) is 3.97. The number of thiazole rings is 1. The smallest absolute Gasteiger partial charge is 0.273 e. The Hall–Kier alpha value is -0.940. The molecule has 1 saturated heterocycles. The molecule has 88 valence electrons. The van der Waals surface area contributed by atoms with E-state index in [0.29, 0.717) is 18.2 Å². The van der Waals surface area contributed by atoms with E-state index >= 15 is 0 Å². The first-order valence-electron chi connectivity index (χ1n) is 5.68. The Labute approximate surface area is 99.5 Å². The van der Waals surface area contributed by atoms with Crippen molar-refractivity contribution in [2.45, 2.75) is 26.3 Å². The molecule has 0 spiro atoms. The average Bonchev–Trinajstić information content (AvgIpc) is 2.97. The van der Waals surface area contributed by atoms with Crippen LogP contribution in [0.25, 0.3) is 0 Å². The molecule has 16 heavy (non-hydrogen) atoms. The molecule has 0 saturated carbocycles. The summed E-state index contributed by atoms with van der Waals surface area (Å²) in [4.78, 5) is 18.2. The predicted octanol–water partition coefficient (Wildman–Crippen LogP) is 1.47. The number of nitrogens with zero attached hydrogens (tertiary/aromatic N) is 2. The minimum atomic E-state index is 0.0619. The van der Waals surface area contributed by atoms with E-state index in [-0.39, 0.29) is 5.91 Å². The summed E-state index contributed by atoms with van der Waals surface area (Å²) in [5.74, 6) is 0.725. The van der Waals surface area contributed by atoms with E-state index < -0.39 is 0 Å². The van der Waals surface area contributed by atoms with Crippen molar-refractivity contribution < 1.29 is 4.79 Å². The van der Waals surface area contributed by atoms with Crippen LogP contribution in [-0.4, -0.2) is 28.9 Å². The number of carbonyl (C=O) groups is 1. The van der Waals surface area contributed by atoms with Gasteiger partial charge in [0.05, 0.1) is 0 Å². The van der Waals surface area contributed by atoms with Gasteiger partial charge in [0.2, 0.25) is 0 Å². The fourth-order valence-electron chi connectivity index (χ4n) is 2.02. The van der Waals surface area contributed by atoms with Gasteiger partial charge in [0.25, 0.3) is 5.91 Å². The summed E-state index contributed by atoms with van der Waals surface area (Å²) in [6.07, 6.45) is 2.27. The van der Waals surface area contributed by atoms with Gasteiger partial charge in [0, 0.05) is 25.0 Å². The second kappa shape index (κ2) is 4.93. The second-order valence-electron chi connectivity index (χ2n) is 4.14. The van der Waals surface area contributed by atoms with Crippen LogP contribution >= 0.6 is 11.3 Å². The average molecular weight is 239 g/mol. The highest BCUT2D eigenvalue weighted by atomic mass is 32.1. The first-order chi connectivity index (χ1) is 7.74. The maximum atomic E-state index is 12.1. The van der Waals surface area contributed by atoms with Crippen LogP contribution in [0.3, 0.4) is 0 Å². The summed E-state index contributed by atoms with van der Waals surface area (Å²) in [5.41, 5.74) is 6.04. The molecule has 2 heterocycles. The van der Waals surface area contributed by atoms with Crippen LogP contribution in [0.4, 0.5) is 0 Å². The van der Waals surface area contributed by atoms with Crippen molar-refractivity contribution in [2.24, 2.45) is 11.7 Å². The van der Waals surface area contributed by atoms with Crippen LogP contribution in [-0.2, 0) is 6.54 Å². The quantitative estimate of drug-likeness (QED) is 0.869. The Bertz CT molecular complexity index is 377. The van der Waals surface area contributed by atoms with Gasteiger partial charge < -0.3 is 10.6 Å². The molecule has 0 aromatic carbocycles. The minimum absolute atomic E-state index is 0.0619. The number of aromatic nitrogens is 1. The van der Waals surface area contributed by atoms with Crippen molar-refractivity contribution in [3.8, 4) is 0 Å². The molecule has 1 aliphatic rings. The van der Waals surface area contributed by atoms with Gasteiger partial charge in [-0.25, -0.2) is 4.98 Å². The standard InChI is InChI=1S/C11H17N3OS/c1-2-8-3-4-14(6-8)11(15)9-7-16-10(5-12)13-9/h7-8H,2-6,12H2,1H3. The number of likely N-dealkylation sites (tertiary alicyclic amines) is 1. The highest BCUT2D eigenvalue weighted by Crippen LogP contribution is 2.21. The number of carbonyl (C=O) groups excluding carboxylic acids is 1. The van der Waals surface area contributed by atoms with Gasteiger partial charge in [-0.2, -0.15) is 0 Å². The molecule has 5 heteroatoms. The van der Waals surface area contributed by atoms with Gasteiger partial charge in [-0.05, 0) is 12.3 Å². The number of rotatable bonds is 3. The van der Waals surface area contributed by atoms with Crippen molar-refractivity contribution in [3.05, 3.63) is 16.1 Å². The lowest BCUT2D eigenvalue weighted by molar-refractivity contribution is 0.0781. The number of amides is 1. The van der Waals surface area contributed by atoms with E-state index in [1.165, 1.54) is 11.3 Å². The molecule has 1 atom stereocenters. The van der Waals surface area contributed by atoms with E-state index in [1.807, 2.05) is 10.3 Å². The topological polar surface area (TPSA) is 59.2 Å². The summed E-state index contributed by atoms with van der Waals surface area (Å²) in [6.45, 7) is 4.33. The molecule has 1 amide bonds. The lowest BCUT2D eigenvalue weighted by Gasteiger charge is -2.14. The van der Waals surface area contributed by atoms with Crippen LogP contribution in [0.2, 0.25) is 0 Å². The number of hydrogen-bond acceptors (Lipinski definition) is 4. The van der Waals surface area contributed by atoms with Crippen LogP contribution < -0.4 is 5.73 Å². The fraction of sp³-hybridized carbons (Fsp3) is 0.636. The van der Waals surface area contributed by atoms with Crippen LogP contribution in [0.1, 0.15) is 35.3 Å². The van der Waals surface area contributed by atoms with Crippen molar-refractivity contribution in [1.29, 1.82) is 0 Å². The molecule has 0 radical (unpaired) electrons. The maximum Gasteiger partial charge on any atom is 0.273 e. The van der Waals surface area contributed by atoms with Gasteiger partial charge in [-0.1, -0.05) is 13.3 Å². The molecule has 0 bridgehead atoms. The van der Waals surface area contributed by atoms with E-state index in [4.69, 9.17) is 5.73 Å². The maximum absolute atomic E-state index is 12.1. The Morgan fingerprint density at radius 1 is 1.75 bits per heavy atom. The molecule has 1 aliphatic heterocycles. The molecule has 1 aromatic heterocycles. The summed E-state index contributed by atoms with van der Waals surface area (Å²) < 4.78 is 0. The Morgan fingerprint density at radius 3 is 3.12 bits per heavy atom. The van der Waals surface area contributed by atoms with E-state index in [2.05, 4.69) is 11.9 Å². The summed E-state index contributed by atoms with van der Waals surface area (Å²) >= 11 is 1.46. The van der Waals surface area contributed by atoms with Gasteiger partial charge in [0.1, 0.15) is 10.7 Å². The lowest BCUT2D eigenvalue weighted by Crippen LogP contribution is -2.28. The van der Waals surface area contributed by atoms with Crippen molar-refractivity contribution in [2.75, 3.05) is 13.1 Å². The van der Waals surface area contributed by atoms with E-state index in [0.717, 1.165) is 30.9 Å². The van der Waals surface area contributed by atoms with Gasteiger partial charge >= 0.3 is 0 Å². The molecule has 1 aromatic rings. The zero-order chi connectivity index (χ0) is 11.5. The molecule has 1 unspecified atom stereocenters. The third kappa shape index (κ3) is 2.25. The monoisotopic (exact) mass is 239 g/mol. The second-order valence-corrected chi connectivity index (χ2v) is 5.09. The highest BCUT2D eigenvalue weighted by molar-refractivity contribution is 7.09. The Kier molecular flexibility index (Phi) is 3.56. The molecule has 4 nitrogen and oxygen atoms in total. The lowest BCUT2D eigenvalue weighted by atomic mass is 10.1. The first kappa shape index (κ1) is 11.5. The van der Waals surface area contributed by atoms with E-state index in [9.17, 15) is 4.79 Å². The van der Waals surface area contributed by atoms with Crippen LogP contribution in [0.15, 0.2) is 5.38 Å². The summed E-state index contributed by atoms with van der Waals surface area (Å²) in [6, 6.07) is 0. The van der Waals surface area contributed by atoms with Crippen molar-refractivity contribution >= 4 is 17.2 Å². The minimum Gasteiger partial charge on any atom is -0.337 e.